The molecule has 0 aromatic carbocycles. The van der Waals surface area contributed by atoms with Crippen LogP contribution in [0.5, 0.6) is 0 Å². The summed E-state index contributed by atoms with van der Waals surface area (Å²) >= 11 is 0. The summed E-state index contributed by atoms with van der Waals surface area (Å²) in [7, 11) is 0. The van der Waals surface area contributed by atoms with E-state index in [4.69, 9.17) is 5.11 Å². The summed E-state index contributed by atoms with van der Waals surface area (Å²) in [4.78, 5) is 10.1. The first-order valence-corrected chi connectivity index (χ1v) is 3.52. The van der Waals surface area contributed by atoms with Crippen molar-refractivity contribution in [2.75, 3.05) is 0 Å². The van der Waals surface area contributed by atoms with Crippen LogP contribution in [0.1, 0.15) is 26.2 Å². The van der Waals surface area contributed by atoms with Crippen LogP contribution in [-0.4, -0.2) is 23.2 Å². The van der Waals surface area contributed by atoms with E-state index in [1.54, 1.807) is 0 Å². The zero-order valence-corrected chi connectivity index (χ0v) is 6.69. The van der Waals surface area contributed by atoms with Gasteiger partial charge in [-0.05, 0) is 19.8 Å². The van der Waals surface area contributed by atoms with E-state index < -0.39 is 18.2 Å². The van der Waals surface area contributed by atoms with Crippen LogP contribution in [0.4, 0.5) is 13.2 Å². The standard InChI is InChI=1S/C7H11F3O2/c1-6(12,5-11)3-2-4-7(8,9)10/h5,12H,2-4H2,1H3. The lowest BCUT2D eigenvalue weighted by atomic mass is 10.0. The molecule has 0 saturated heterocycles. The van der Waals surface area contributed by atoms with Crippen LogP contribution >= 0.6 is 0 Å². The molecule has 12 heavy (non-hydrogen) atoms. The Labute approximate surface area is 68.4 Å². The molecule has 0 bridgehead atoms. The Morgan fingerprint density at radius 2 is 1.83 bits per heavy atom. The van der Waals surface area contributed by atoms with Gasteiger partial charge in [0.2, 0.25) is 0 Å². The van der Waals surface area contributed by atoms with Gasteiger partial charge in [0.1, 0.15) is 5.60 Å². The van der Waals surface area contributed by atoms with Crippen LogP contribution in [0.15, 0.2) is 0 Å². The third-order valence-corrected chi connectivity index (χ3v) is 1.40. The van der Waals surface area contributed by atoms with Gasteiger partial charge in [0, 0.05) is 6.42 Å². The second-order valence-electron chi connectivity index (χ2n) is 2.94. The van der Waals surface area contributed by atoms with Gasteiger partial charge >= 0.3 is 6.18 Å². The molecule has 0 aliphatic carbocycles. The molecule has 0 aliphatic rings. The Bertz CT molecular complexity index is 151. The lowest BCUT2D eigenvalue weighted by molar-refractivity contribution is -0.140. The smallest absolute Gasteiger partial charge is 0.383 e. The van der Waals surface area contributed by atoms with Crippen molar-refractivity contribution in [3.8, 4) is 0 Å². The van der Waals surface area contributed by atoms with Gasteiger partial charge in [-0.25, -0.2) is 0 Å². The molecule has 0 saturated carbocycles. The Kier molecular flexibility index (Phi) is 3.70. The number of alkyl halides is 3. The first-order valence-electron chi connectivity index (χ1n) is 3.52. The molecule has 0 aromatic heterocycles. The molecule has 1 N–H and O–H groups in total. The molecule has 0 spiro atoms. The molecule has 0 aliphatic heterocycles. The molecular weight excluding hydrogens is 173 g/mol. The lowest BCUT2D eigenvalue weighted by Gasteiger charge is -2.15. The van der Waals surface area contributed by atoms with Crippen LogP contribution in [-0.2, 0) is 4.79 Å². The highest BCUT2D eigenvalue weighted by Gasteiger charge is 2.28. The summed E-state index contributed by atoms with van der Waals surface area (Å²) in [6, 6.07) is 0. The van der Waals surface area contributed by atoms with E-state index in [-0.39, 0.29) is 19.1 Å². The summed E-state index contributed by atoms with van der Waals surface area (Å²) in [6.07, 6.45) is -5.30. The Hall–Kier alpha value is -0.580. The van der Waals surface area contributed by atoms with Gasteiger partial charge in [0.05, 0.1) is 0 Å². The van der Waals surface area contributed by atoms with Crippen LogP contribution in [0.3, 0.4) is 0 Å². The summed E-state index contributed by atoms with van der Waals surface area (Å²) in [5.74, 6) is 0. The number of carbonyl (C=O) groups excluding carboxylic acids is 1. The molecule has 2 nitrogen and oxygen atoms in total. The van der Waals surface area contributed by atoms with Crippen LogP contribution in [0.25, 0.3) is 0 Å². The predicted molar refractivity (Wildman–Crippen MR) is 36.6 cm³/mol. The first-order chi connectivity index (χ1) is 5.27. The van der Waals surface area contributed by atoms with Crippen molar-refractivity contribution < 1.29 is 23.1 Å². The van der Waals surface area contributed by atoms with E-state index in [0.717, 1.165) is 0 Å². The molecular formula is C7H11F3O2. The Morgan fingerprint density at radius 3 is 2.17 bits per heavy atom. The summed E-state index contributed by atoms with van der Waals surface area (Å²) < 4.78 is 34.7. The third kappa shape index (κ3) is 6.15. The zero-order valence-electron chi connectivity index (χ0n) is 6.69. The SMILES string of the molecule is CC(O)(C=O)CCCC(F)(F)F. The summed E-state index contributed by atoms with van der Waals surface area (Å²) in [5, 5.41) is 8.98. The number of aliphatic hydroxyl groups is 1. The number of carbonyl (C=O) groups is 1. The molecule has 1 atom stereocenters. The van der Waals surface area contributed by atoms with Crippen molar-refractivity contribution in [3.05, 3.63) is 0 Å². The molecule has 72 valence electrons. The van der Waals surface area contributed by atoms with Gasteiger partial charge in [-0.3, -0.25) is 0 Å². The highest BCUT2D eigenvalue weighted by Crippen LogP contribution is 2.24. The fraction of sp³-hybridized carbons (Fsp3) is 0.857. The van der Waals surface area contributed by atoms with Crippen molar-refractivity contribution in [1.82, 2.24) is 0 Å². The summed E-state index contributed by atoms with van der Waals surface area (Å²) in [5.41, 5.74) is -1.62. The van der Waals surface area contributed by atoms with Crippen molar-refractivity contribution in [2.45, 2.75) is 38.0 Å². The number of halogens is 3. The van der Waals surface area contributed by atoms with Crippen LogP contribution < -0.4 is 0 Å². The maximum atomic E-state index is 11.6. The molecule has 0 rings (SSSR count). The third-order valence-electron chi connectivity index (χ3n) is 1.40. The van der Waals surface area contributed by atoms with Crippen LogP contribution in [0, 0.1) is 0 Å². The van der Waals surface area contributed by atoms with Gasteiger partial charge in [0.25, 0.3) is 0 Å². The second-order valence-corrected chi connectivity index (χ2v) is 2.94. The quantitative estimate of drug-likeness (QED) is 0.675. The molecule has 0 fully saturated rings. The van der Waals surface area contributed by atoms with Crippen molar-refractivity contribution in [2.24, 2.45) is 0 Å². The molecule has 0 heterocycles. The topological polar surface area (TPSA) is 37.3 Å². The zero-order chi connectivity index (χ0) is 9.83. The van der Waals surface area contributed by atoms with Crippen molar-refractivity contribution >= 4 is 6.29 Å². The minimum atomic E-state index is -4.21. The van der Waals surface area contributed by atoms with Crippen molar-refractivity contribution in [1.29, 1.82) is 0 Å². The van der Waals surface area contributed by atoms with E-state index in [2.05, 4.69) is 0 Å². The molecule has 5 heteroatoms. The lowest BCUT2D eigenvalue weighted by Crippen LogP contribution is -2.26. The normalized spacial score (nSPS) is 17.1. The predicted octanol–water partition coefficient (Wildman–Crippen LogP) is 1.67. The van der Waals surface area contributed by atoms with Gasteiger partial charge in [-0.15, -0.1) is 0 Å². The van der Waals surface area contributed by atoms with Gasteiger partial charge in [-0.2, -0.15) is 13.2 Å². The Balaban J connectivity index is 3.64. The maximum absolute atomic E-state index is 11.6. The highest BCUT2D eigenvalue weighted by atomic mass is 19.4. The van der Waals surface area contributed by atoms with E-state index in [1.807, 2.05) is 0 Å². The average molecular weight is 184 g/mol. The van der Waals surface area contributed by atoms with Gasteiger partial charge in [0.15, 0.2) is 6.29 Å². The minimum absolute atomic E-state index is 0.157. The maximum Gasteiger partial charge on any atom is 0.389 e. The Morgan fingerprint density at radius 1 is 1.33 bits per heavy atom. The van der Waals surface area contributed by atoms with E-state index in [9.17, 15) is 18.0 Å². The fourth-order valence-electron chi connectivity index (χ4n) is 0.706. The highest BCUT2D eigenvalue weighted by molar-refractivity contribution is 5.60. The van der Waals surface area contributed by atoms with E-state index in [1.165, 1.54) is 6.92 Å². The second kappa shape index (κ2) is 3.89. The fourth-order valence-corrected chi connectivity index (χ4v) is 0.706. The number of hydrogen-bond donors (Lipinski definition) is 1. The summed E-state index contributed by atoms with van der Waals surface area (Å²) in [6.45, 7) is 1.19. The molecule has 0 aromatic rings. The van der Waals surface area contributed by atoms with Gasteiger partial charge < -0.3 is 9.90 Å². The van der Waals surface area contributed by atoms with Gasteiger partial charge in [-0.1, -0.05) is 0 Å². The minimum Gasteiger partial charge on any atom is -0.383 e. The van der Waals surface area contributed by atoms with E-state index >= 15 is 0 Å². The number of aldehydes is 1. The largest absolute Gasteiger partial charge is 0.389 e. The monoisotopic (exact) mass is 184 g/mol. The van der Waals surface area contributed by atoms with E-state index in [0.29, 0.717) is 0 Å². The molecule has 0 amide bonds. The first kappa shape index (κ1) is 11.4. The average Bonchev–Trinajstić information content (AvgIpc) is 1.84. The molecule has 0 radical (unpaired) electrons. The van der Waals surface area contributed by atoms with Crippen molar-refractivity contribution in [3.63, 3.8) is 0 Å². The number of hydrogen-bond acceptors (Lipinski definition) is 2. The van der Waals surface area contributed by atoms with Crippen LogP contribution in [0.2, 0.25) is 0 Å². The number of rotatable bonds is 4. The molecule has 1 unspecified atom stereocenters.